The number of carbonyl (C=O) groups excluding carboxylic acids is 1. The Kier molecular flexibility index (Phi) is 7.04. The molecule has 3 N–H and O–H groups in total. The quantitative estimate of drug-likeness (QED) is 0.287. The highest BCUT2D eigenvalue weighted by Gasteiger charge is 2.32. The number of amides is 1. The lowest BCUT2D eigenvalue weighted by molar-refractivity contribution is -0.873. The van der Waals surface area contributed by atoms with E-state index in [0.29, 0.717) is 5.92 Å². The van der Waals surface area contributed by atoms with Crippen molar-refractivity contribution in [3.05, 3.63) is 34.9 Å². The third-order valence-electron chi connectivity index (χ3n) is 3.69. The van der Waals surface area contributed by atoms with Crippen molar-refractivity contribution in [3.8, 4) is 0 Å². The highest BCUT2D eigenvalue weighted by molar-refractivity contribution is 14.1. The van der Waals surface area contributed by atoms with Crippen molar-refractivity contribution in [2.45, 2.75) is 37.2 Å². The maximum Gasteiger partial charge on any atom is 0.237 e. The van der Waals surface area contributed by atoms with E-state index in [1.165, 1.54) is 5.56 Å². The van der Waals surface area contributed by atoms with Crippen LogP contribution < -0.4 is 11.1 Å². The van der Waals surface area contributed by atoms with Crippen LogP contribution in [0, 0.1) is 5.92 Å². The number of benzene rings is 1. The molecular weight excluding hydrogens is 401 g/mol. The van der Waals surface area contributed by atoms with Gasteiger partial charge >= 0.3 is 0 Å². The maximum absolute atomic E-state index is 11.9. The lowest BCUT2D eigenvalue weighted by atomic mass is 9.90. The van der Waals surface area contributed by atoms with Crippen LogP contribution in [0.25, 0.3) is 0 Å². The molecule has 1 rings (SSSR count). The molecule has 1 aromatic rings. The first-order chi connectivity index (χ1) is 10.4. The van der Waals surface area contributed by atoms with Gasteiger partial charge in [-0.25, -0.2) is 0 Å². The molecule has 0 saturated carbocycles. The zero-order chi connectivity index (χ0) is 17.8. The molecule has 23 heavy (non-hydrogen) atoms. The van der Waals surface area contributed by atoms with Gasteiger partial charge in [-0.2, -0.15) is 0 Å². The van der Waals surface area contributed by atoms with Gasteiger partial charge in [0.1, 0.15) is 10.1 Å². The van der Waals surface area contributed by atoms with Gasteiger partial charge in [-0.3, -0.25) is 10.1 Å². The highest BCUT2D eigenvalue weighted by Crippen LogP contribution is 2.34. The Labute approximate surface area is 154 Å². The smallest absolute Gasteiger partial charge is 0.237 e. The van der Waals surface area contributed by atoms with Crippen molar-refractivity contribution in [2.75, 3.05) is 27.8 Å². The summed E-state index contributed by atoms with van der Waals surface area (Å²) in [5.74, 6) is 0.284. The van der Waals surface area contributed by atoms with Gasteiger partial charge in [0, 0.05) is 6.54 Å². The molecule has 0 unspecified atom stereocenters. The van der Waals surface area contributed by atoms with Gasteiger partial charge in [0.05, 0.1) is 21.1 Å². The van der Waals surface area contributed by atoms with Crippen molar-refractivity contribution < 1.29 is 9.28 Å². The number of nitrogens with two attached hydrogens (primary N) is 1. The number of rotatable bonds is 8. The normalized spacial score (nSPS) is 14.8. The first-order valence-corrected chi connectivity index (χ1v) is 9.13. The summed E-state index contributed by atoms with van der Waals surface area (Å²) < 4.78 is 0.149. The Bertz CT molecular complexity index is 548. The molecule has 0 bridgehead atoms. The molecule has 4 nitrogen and oxygen atoms in total. The number of primary amides is 1. The molecule has 5 heteroatoms. The summed E-state index contributed by atoms with van der Waals surface area (Å²) in [5.41, 5.74) is 9.08. The van der Waals surface area contributed by atoms with Crippen molar-refractivity contribution in [3.63, 3.8) is 0 Å². The molecule has 0 aliphatic heterocycles. The molecule has 0 aliphatic rings. The SMILES string of the molecule is CC(C)Cc1ccc(CNC[N+](C)(C)C)c([C@@](C)(I)C(N)=O)c1. The molecule has 1 atom stereocenters. The molecule has 1 amide bonds. The van der Waals surface area contributed by atoms with E-state index in [1.807, 2.05) is 6.92 Å². The molecule has 0 heterocycles. The van der Waals surface area contributed by atoms with Crippen LogP contribution in [0.3, 0.4) is 0 Å². The molecule has 0 saturated heterocycles. The van der Waals surface area contributed by atoms with Crippen LogP contribution in [0.5, 0.6) is 0 Å². The Balaban J connectivity index is 3.11. The third-order valence-corrected chi connectivity index (χ3v) is 4.80. The summed E-state index contributed by atoms with van der Waals surface area (Å²) in [7, 11) is 6.43. The number of nitrogens with one attached hydrogen (secondary N) is 1. The van der Waals surface area contributed by atoms with E-state index in [9.17, 15) is 4.79 Å². The second-order valence-electron chi connectivity index (χ2n) is 7.83. The van der Waals surface area contributed by atoms with Crippen LogP contribution >= 0.6 is 22.6 Å². The lowest BCUT2D eigenvalue weighted by Gasteiger charge is -2.26. The van der Waals surface area contributed by atoms with Gasteiger partial charge in [-0.1, -0.05) is 54.6 Å². The number of carbonyl (C=O) groups is 1. The van der Waals surface area contributed by atoms with Gasteiger partial charge in [0.2, 0.25) is 5.91 Å². The summed E-state index contributed by atoms with van der Waals surface area (Å²) in [6.07, 6.45) is 1.01. The van der Waals surface area contributed by atoms with E-state index >= 15 is 0 Å². The van der Waals surface area contributed by atoms with Gasteiger partial charge < -0.3 is 10.2 Å². The van der Waals surface area contributed by atoms with E-state index in [2.05, 4.69) is 81.1 Å². The molecule has 1 aromatic carbocycles. The Morgan fingerprint density at radius 3 is 2.43 bits per heavy atom. The largest absolute Gasteiger partial charge is 0.368 e. The minimum absolute atomic E-state index is 0.298. The second-order valence-corrected chi connectivity index (χ2v) is 9.99. The summed E-state index contributed by atoms with van der Waals surface area (Å²) in [6.45, 7) is 7.90. The standard InChI is InChI=1S/C18H30IN3O/c1-13(2)9-14-7-8-15(11-21-12-22(4,5)6)16(10-14)18(3,19)17(20)23/h7-8,10,13,21H,9,11-12H2,1-6H3,(H-,20,23)/p+1/t18-/m1/s1. The zero-order valence-corrected chi connectivity index (χ0v) is 17.4. The van der Waals surface area contributed by atoms with Crippen molar-refractivity contribution in [2.24, 2.45) is 11.7 Å². The average Bonchev–Trinajstić information content (AvgIpc) is 2.37. The predicted octanol–water partition coefficient (Wildman–Crippen LogP) is 2.77. The van der Waals surface area contributed by atoms with Crippen LogP contribution in [0.4, 0.5) is 0 Å². The van der Waals surface area contributed by atoms with Crippen LogP contribution in [-0.2, 0) is 21.2 Å². The van der Waals surface area contributed by atoms with Gasteiger partial charge in [0.25, 0.3) is 0 Å². The molecule has 0 fully saturated rings. The molecule has 130 valence electrons. The summed E-state index contributed by atoms with van der Waals surface area (Å²) in [4.78, 5) is 11.9. The van der Waals surface area contributed by atoms with E-state index in [4.69, 9.17) is 5.73 Å². The molecule has 0 aliphatic carbocycles. The number of quaternary nitrogens is 1. The van der Waals surface area contributed by atoms with Crippen LogP contribution in [-0.4, -0.2) is 38.2 Å². The van der Waals surface area contributed by atoms with Crippen molar-refractivity contribution in [1.82, 2.24) is 5.32 Å². The van der Waals surface area contributed by atoms with E-state index in [-0.39, 0.29) is 5.91 Å². The van der Waals surface area contributed by atoms with Crippen LogP contribution in [0.1, 0.15) is 37.5 Å². The number of hydrogen-bond donors (Lipinski definition) is 2. The summed E-state index contributed by atoms with van der Waals surface area (Å²) in [6, 6.07) is 6.45. The van der Waals surface area contributed by atoms with Crippen molar-refractivity contribution in [1.29, 1.82) is 0 Å². The van der Waals surface area contributed by atoms with E-state index < -0.39 is 3.42 Å². The lowest BCUT2D eigenvalue weighted by Crippen LogP contribution is -2.43. The average molecular weight is 432 g/mol. The monoisotopic (exact) mass is 432 g/mol. The minimum Gasteiger partial charge on any atom is -0.368 e. The first-order valence-electron chi connectivity index (χ1n) is 8.05. The first kappa shape index (κ1) is 20.4. The third kappa shape index (κ3) is 6.39. The Hall–Kier alpha value is -0.660. The zero-order valence-electron chi connectivity index (χ0n) is 15.2. The van der Waals surface area contributed by atoms with E-state index in [0.717, 1.165) is 35.2 Å². The molecule has 0 aromatic heterocycles. The Morgan fingerprint density at radius 2 is 1.96 bits per heavy atom. The number of alkyl halides is 1. The topological polar surface area (TPSA) is 55.1 Å². The van der Waals surface area contributed by atoms with Gasteiger partial charge in [-0.05, 0) is 36.0 Å². The van der Waals surface area contributed by atoms with Crippen molar-refractivity contribution >= 4 is 28.5 Å². The summed E-state index contributed by atoms with van der Waals surface area (Å²) >= 11 is 2.17. The minimum atomic E-state index is -0.696. The van der Waals surface area contributed by atoms with Gasteiger partial charge in [-0.15, -0.1) is 0 Å². The second kappa shape index (κ2) is 7.94. The molecule has 0 radical (unpaired) electrons. The van der Waals surface area contributed by atoms with E-state index in [1.54, 1.807) is 0 Å². The number of halogens is 1. The number of hydrogen-bond acceptors (Lipinski definition) is 2. The van der Waals surface area contributed by atoms with Gasteiger partial charge in [0.15, 0.2) is 0 Å². The molecular formula is C18H31IN3O+. The molecule has 0 spiro atoms. The Morgan fingerprint density at radius 1 is 1.35 bits per heavy atom. The fourth-order valence-corrected chi connectivity index (χ4v) is 2.97. The van der Waals surface area contributed by atoms with Crippen LogP contribution in [0.2, 0.25) is 0 Å². The fourth-order valence-electron chi connectivity index (χ4n) is 2.47. The summed E-state index contributed by atoms with van der Waals surface area (Å²) in [5, 5.41) is 3.47. The number of nitrogens with zero attached hydrogens (tertiary/aromatic N) is 1. The predicted molar refractivity (Wildman–Crippen MR) is 105 cm³/mol. The fraction of sp³-hybridized carbons (Fsp3) is 0.611. The van der Waals surface area contributed by atoms with Crippen LogP contribution in [0.15, 0.2) is 18.2 Å². The highest BCUT2D eigenvalue weighted by atomic mass is 127. The maximum atomic E-state index is 11.9.